The average Bonchev–Trinajstić information content (AvgIpc) is 2.41. The molecule has 0 saturated carbocycles. The van der Waals surface area contributed by atoms with Crippen LogP contribution in [0.3, 0.4) is 0 Å². The van der Waals surface area contributed by atoms with Crippen molar-refractivity contribution in [2.24, 2.45) is 0 Å². The Kier molecular flexibility index (Phi) is 4.59. The molecule has 2 N–H and O–H groups in total. The van der Waals surface area contributed by atoms with Gasteiger partial charge < -0.3 is 14.8 Å². The van der Waals surface area contributed by atoms with E-state index in [-0.39, 0.29) is 22.8 Å². The van der Waals surface area contributed by atoms with E-state index in [9.17, 15) is 8.78 Å². The Balaban J connectivity index is 2.18. The van der Waals surface area contributed by atoms with Crippen LogP contribution in [0.2, 0.25) is 5.02 Å². The summed E-state index contributed by atoms with van der Waals surface area (Å²) in [5.41, 5.74) is 0.452. The number of benzene rings is 2. The van der Waals surface area contributed by atoms with Gasteiger partial charge in [-0.3, -0.25) is 0 Å². The quantitative estimate of drug-likeness (QED) is 0.847. The first kappa shape index (κ1) is 14.8. The molecule has 0 heterocycles. The van der Waals surface area contributed by atoms with Crippen LogP contribution in [0, 0.1) is 11.6 Å². The van der Waals surface area contributed by atoms with Crippen molar-refractivity contribution in [2.45, 2.75) is 6.61 Å². The maximum atomic E-state index is 13.5. The molecule has 20 heavy (non-hydrogen) atoms. The van der Waals surface area contributed by atoms with Gasteiger partial charge in [0.2, 0.25) is 0 Å². The van der Waals surface area contributed by atoms with Gasteiger partial charge in [0.1, 0.15) is 12.4 Å². The molecule has 0 saturated heterocycles. The van der Waals surface area contributed by atoms with Gasteiger partial charge in [-0.2, -0.15) is 0 Å². The summed E-state index contributed by atoms with van der Waals surface area (Å²) in [7, 11) is -1.73. The third kappa shape index (κ3) is 3.28. The molecule has 2 aromatic carbocycles. The smallest absolute Gasteiger partial charge is 0.486 e. The normalized spacial score (nSPS) is 10.4. The molecule has 0 aromatic heterocycles. The van der Waals surface area contributed by atoms with Crippen molar-refractivity contribution in [3.63, 3.8) is 0 Å². The zero-order chi connectivity index (χ0) is 14.7. The number of halogens is 3. The molecule has 0 aliphatic heterocycles. The fraction of sp³-hybridized carbons (Fsp3) is 0.0769. The molecule has 0 radical (unpaired) electrons. The molecule has 0 amide bonds. The Hall–Kier alpha value is -1.63. The minimum absolute atomic E-state index is 0.0896. The summed E-state index contributed by atoms with van der Waals surface area (Å²) in [5, 5.41) is 17.9. The highest BCUT2D eigenvalue weighted by Gasteiger charge is 2.15. The van der Waals surface area contributed by atoms with Crippen molar-refractivity contribution in [3.8, 4) is 5.75 Å². The standard InChI is InChI=1S/C13H10BClF2O3/c15-13-8(2-1-3-11(13)17)7-20-12-6-9(14(18)19)4-5-10(12)16/h1-6,18-19H,7H2. The van der Waals surface area contributed by atoms with Crippen molar-refractivity contribution in [1.29, 1.82) is 0 Å². The predicted molar refractivity (Wildman–Crippen MR) is 72.0 cm³/mol. The van der Waals surface area contributed by atoms with E-state index in [2.05, 4.69) is 0 Å². The van der Waals surface area contributed by atoms with Crippen LogP contribution in [0.1, 0.15) is 5.56 Å². The van der Waals surface area contributed by atoms with Gasteiger partial charge in [0, 0.05) is 5.56 Å². The maximum Gasteiger partial charge on any atom is 0.488 e. The first-order chi connectivity index (χ1) is 9.49. The largest absolute Gasteiger partial charge is 0.488 e. The summed E-state index contributed by atoms with van der Waals surface area (Å²) in [6.07, 6.45) is 0. The van der Waals surface area contributed by atoms with Crippen molar-refractivity contribution < 1.29 is 23.6 Å². The zero-order valence-electron chi connectivity index (χ0n) is 10.2. The molecule has 0 aliphatic rings. The van der Waals surface area contributed by atoms with Gasteiger partial charge in [0.05, 0.1) is 5.02 Å². The molecule has 0 atom stereocenters. The lowest BCUT2D eigenvalue weighted by molar-refractivity contribution is 0.290. The Morgan fingerprint density at radius 2 is 1.85 bits per heavy atom. The third-order valence-electron chi connectivity index (χ3n) is 2.67. The van der Waals surface area contributed by atoms with E-state index in [1.807, 2.05) is 0 Å². The number of ether oxygens (including phenoxy) is 1. The predicted octanol–water partition coefficient (Wildman–Crippen LogP) is 1.88. The van der Waals surface area contributed by atoms with Crippen LogP contribution in [-0.2, 0) is 6.61 Å². The molecule has 3 nitrogen and oxygen atoms in total. The Morgan fingerprint density at radius 3 is 2.55 bits per heavy atom. The summed E-state index contributed by atoms with van der Waals surface area (Å²) in [6.45, 7) is -0.140. The monoisotopic (exact) mass is 298 g/mol. The Morgan fingerprint density at radius 1 is 1.10 bits per heavy atom. The second-order valence-electron chi connectivity index (χ2n) is 4.07. The van der Waals surface area contributed by atoms with E-state index in [1.165, 1.54) is 18.2 Å². The molecule has 7 heteroatoms. The first-order valence-corrected chi connectivity index (χ1v) is 6.08. The summed E-state index contributed by atoms with van der Waals surface area (Å²) < 4.78 is 31.9. The zero-order valence-corrected chi connectivity index (χ0v) is 10.9. The molecule has 0 spiro atoms. The van der Waals surface area contributed by atoms with E-state index in [0.717, 1.165) is 12.1 Å². The minimum atomic E-state index is -1.73. The summed E-state index contributed by atoms with van der Waals surface area (Å²) >= 11 is 5.75. The lowest BCUT2D eigenvalue weighted by Crippen LogP contribution is -2.29. The van der Waals surface area contributed by atoms with Crippen LogP contribution < -0.4 is 10.2 Å². The fourth-order valence-electron chi connectivity index (χ4n) is 1.61. The Bertz CT molecular complexity index is 623. The lowest BCUT2D eigenvalue weighted by Gasteiger charge is -2.10. The van der Waals surface area contributed by atoms with Crippen LogP contribution in [0.5, 0.6) is 5.75 Å². The summed E-state index contributed by atoms with van der Waals surface area (Å²) in [6, 6.07) is 7.65. The second kappa shape index (κ2) is 6.22. The molecule has 0 bridgehead atoms. The van der Waals surface area contributed by atoms with Crippen molar-refractivity contribution in [1.82, 2.24) is 0 Å². The Labute approximate surface area is 119 Å². The molecular formula is C13H10BClF2O3. The summed E-state index contributed by atoms with van der Waals surface area (Å²) in [5.74, 6) is -1.43. The molecular weight excluding hydrogens is 288 g/mol. The lowest BCUT2D eigenvalue weighted by atomic mass is 9.80. The highest BCUT2D eigenvalue weighted by atomic mass is 35.5. The highest BCUT2D eigenvalue weighted by Crippen LogP contribution is 2.22. The number of rotatable bonds is 4. The first-order valence-electron chi connectivity index (χ1n) is 5.70. The third-order valence-corrected chi connectivity index (χ3v) is 3.09. The topological polar surface area (TPSA) is 49.7 Å². The van der Waals surface area contributed by atoms with E-state index in [4.69, 9.17) is 26.4 Å². The molecule has 2 rings (SSSR count). The average molecular weight is 298 g/mol. The van der Waals surface area contributed by atoms with Crippen LogP contribution in [0.15, 0.2) is 36.4 Å². The number of hydrogen-bond acceptors (Lipinski definition) is 3. The SMILES string of the molecule is OB(O)c1ccc(F)c(OCc2cccc(F)c2Cl)c1. The van der Waals surface area contributed by atoms with Crippen LogP contribution >= 0.6 is 11.6 Å². The van der Waals surface area contributed by atoms with Crippen LogP contribution in [-0.4, -0.2) is 17.2 Å². The van der Waals surface area contributed by atoms with Gasteiger partial charge in [0.25, 0.3) is 0 Å². The second-order valence-corrected chi connectivity index (χ2v) is 4.44. The molecule has 0 aliphatic carbocycles. The number of hydrogen-bond donors (Lipinski definition) is 2. The minimum Gasteiger partial charge on any atom is -0.486 e. The van der Waals surface area contributed by atoms with E-state index >= 15 is 0 Å². The fourth-order valence-corrected chi connectivity index (χ4v) is 1.79. The summed E-state index contributed by atoms with van der Waals surface area (Å²) in [4.78, 5) is 0. The van der Waals surface area contributed by atoms with Crippen molar-refractivity contribution in [3.05, 3.63) is 58.6 Å². The van der Waals surface area contributed by atoms with Gasteiger partial charge in [0.15, 0.2) is 11.6 Å². The van der Waals surface area contributed by atoms with Gasteiger partial charge in [-0.05, 0) is 23.7 Å². The van der Waals surface area contributed by atoms with E-state index in [0.29, 0.717) is 5.56 Å². The highest BCUT2D eigenvalue weighted by molar-refractivity contribution is 6.58. The van der Waals surface area contributed by atoms with Crippen molar-refractivity contribution >= 4 is 24.2 Å². The molecule has 0 unspecified atom stereocenters. The van der Waals surface area contributed by atoms with Gasteiger partial charge in [-0.15, -0.1) is 0 Å². The maximum absolute atomic E-state index is 13.5. The molecule has 0 fully saturated rings. The van der Waals surface area contributed by atoms with E-state index in [1.54, 1.807) is 6.07 Å². The van der Waals surface area contributed by atoms with Crippen LogP contribution in [0.25, 0.3) is 0 Å². The molecule has 2 aromatic rings. The van der Waals surface area contributed by atoms with Gasteiger partial charge in [-0.25, -0.2) is 8.78 Å². The van der Waals surface area contributed by atoms with Gasteiger partial charge in [-0.1, -0.05) is 29.8 Å². The van der Waals surface area contributed by atoms with Crippen LogP contribution in [0.4, 0.5) is 8.78 Å². The van der Waals surface area contributed by atoms with Gasteiger partial charge >= 0.3 is 7.12 Å². The molecule has 104 valence electrons. The van der Waals surface area contributed by atoms with E-state index < -0.39 is 18.8 Å². The van der Waals surface area contributed by atoms with Crippen molar-refractivity contribution in [2.75, 3.05) is 0 Å².